The number of ether oxygens (including phenoxy) is 1. The molecule has 2 atom stereocenters. The summed E-state index contributed by atoms with van der Waals surface area (Å²) in [6.07, 6.45) is 53.9. The molecule has 0 bridgehead atoms. The zero-order valence-corrected chi connectivity index (χ0v) is 36.1. The second-order valence-corrected chi connectivity index (χ2v) is 15.7. The molecule has 0 aromatic rings. The first kappa shape index (κ1) is 52.8. The van der Waals surface area contributed by atoms with E-state index < -0.39 is 12.1 Å². The van der Waals surface area contributed by atoms with Crippen molar-refractivity contribution in [3.05, 3.63) is 48.6 Å². The van der Waals surface area contributed by atoms with Crippen LogP contribution >= 0.6 is 0 Å². The van der Waals surface area contributed by atoms with E-state index in [1.165, 1.54) is 122 Å². The quantitative estimate of drug-likeness (QED) is 0.0326. The van der Waals surface area contributed by atoms with E-state index in [4.69, 9.17) is 4.74 Å². The number of hydrogen-bond acceptors (Lipinski definition) is 5. The number of aliphatic hydroxyl groups excluding tert-OH is 2. The van der Waals surface area contributed by atoms with Crippen molar-refractivity contribution in [3.63, 3.8) is 0 Å². The third kappa shape index (κ3) is 41.3. The van der Waals surface area contributed by atoms with Crippen molar-refractivity contribution in [2.45, 2.75) is 238 Å². The Morgan fingerprint density at radius 2 is 0.927 bits per heavy atom. The van der Waals surface area contributed by atoms with Crippen molar-refractivity contribution in [1.82, 2.24) is 5.32 Å². The fraction of sp³-hybridized carbons (Fsp3) is 0.796. The maximum atomic E-state index is 12.3. The van der Waals surface area contributed by atoms with E-state index in [2.05, 4.69) is 55.6 Å². The van der Waals surface area contributed by atoms with Gasteiger partial charge in [-0.1, -0.05) is 178 Å². The molecule has 0 radical (unpaired) electrons. The van der Waals surface area contributed by atoms with Gasteiger partial charge in [0.25, 0.3) is 0 Å². The Morgan fingerprint density at radius 1 is 0.509 bits per heavy atom. The van der Waals surface area contributed by atoms with Gasteiger partial charge in [0, 0.05) is 12.8 Å². The molecule has 55 heavy (non-hydrogen) atoms. The number of amides is 1. The van der Waals surface area contributed by atoms with E-state index in [1.807, 2.05) is 6.08 Å². The third-order valence-corrected chi connectivity index (χ3v) is 10.3. The van der Waals surface area contributed by atoms with Crippen LogP contribution in [0, 0.1) is 0 Å². The zero-order chi connectivity index (χ0) is 40.1. The normalized spacial score (nSPS) is 13.2. The molecular weight excluding hydrogens is 683 g/mol. The van der Waals surface area contributed by atoms with Gasteiger partial charge in [0.15, 0.2) is 0 Å². The monoisotopic (exact) mass is 772 g/mol. The van der Waals surface area contributed by atoms with Gasteiger partial charge < -0.3 is 20.3 Å². The first-order valence-corrected chi connectivity index (χ1v) is 23.4. The lowest BCUT2D eigenvalue weighted by molar-refractivity contribution is -0.143. The van der Waals surface area contributed by atoms with E-state index in [0.717, 1.165) is 77.0 Å². The minimum atomic E-state index is -0.875. The molecule has 2 unspecified atom stereocenters. The standard InChI is InChI=1S/C49H89NO5/c1-3-5-7-9-11-13-15-16-17-18-19-20-21-23-27-31-35-39-43-49(54)55-44-40-36-32-28-24-26-30-34-38-42-48(53)50-46(45-51)47(52)41-37-33-29-25-22-14-12-10-8-6-4-2/h13,15,17-18,26,30,37,41,46-47,51-52H,3-12,14,16,19-25,27-29,31-36,38-40,42-45H2,1-2H3,(H,50,53)/b15-13-,18-17-,30-26-,41-37+. The second kappa shape index (κ2) is 44.5. The Kier molecular flexibility index (Phi) is 42.8. The number of rotatable bonds is 42. The van der Waals surface area contributed by atoms with Crippen molar-refractivity contribution in [1.29, 1.82) is 0 Å². The van der Waals surface area contributed by atoms with Crippen LogP contribution in [0.2, 0.25) is 0 Å². The van der Waals surface area contributed by atoms with Crippen LogP contribution in [0.25, 0.3) is 0 Å². The summed E-state index contributed by atoms with van der Waals surface area (Å²) in [5, 5.41) is 22.9. The van der Waals surface area contributed by atoms with Crippen molar-refractivity contribution in [2.75, 3.05) is 13.2 Å². The molecule has 3 N–H and O–H groups in total. The van der Waals surface area contributed by atoms with Crippen LogP contribution in [0.5, 0.6) is 0 Å². The van der Waals surface area contributed by atoms with Crippen LogP contribution < -0.4 is 5.32 Å². The Morgan fingerprint density at radius 3 is 1.45 bits per heavy atom. The molecule has 0 heterocycles. The largest absolute Gasteiger partial charge is 0.466 e. The smallest absolute Gasteiger partial charge is 0.305 e. The molecule has 6 heteroatoms. The molecule has 0 fully saturated rings. The first-order valence-electron chi connectivity index (χ1n) is 23.4. The van der Waals surface area contributed by atoms with E-state index in [-0.39, 0.29) is 18.5 Å². The number of allylic oxidation sites excluding steroid dienone is 7. The van der Waals surface area contributed by atoms with Crippen LogP contribution in [0.1, 0.15) is 226 Å². The molecule has 0 spiro atoms. The Bertz CT molecular complexity index is 942. The predicted octanol–water partition coefficient (Wildman–Crippen LogP) is 13.5. The van der Waals surface area contributed by atoms with Crippen molar-refractivity contribution in [3.8, 4) is 0 Å². The van der Waals surface area contributed by atoms with Crippen molar-refractivity contribution < 1.29 is 24.5 Å². The summed E-state index contributed by atoms with van der Waals surface area (Å²) < 4.78 is 5.43. The van der Waals surface area contributed by atoms with E-state index in [1.54, 1.807) is 6.08 Å². The van der Waals surface area contributed by atoms with Gasteiger partial charge in [-0.2, -0.15) is 0 Å². The van der Waals surface area contributed by atoms with Gasteiger partial charge in [0.05, 0.1) is 25.4 Å². The molecule has 0 saturated carbocycles. The Hall–Kier alpha value is -2.18. The maximum absolute atomic E-state index is 12.3. The zero-order valence-electron chi connectivity index (χ0n) is 36.1. The highest BCUT2D eigenvalue weighted by atomic mass is 16.5. The van der Waals surface area contributed by atoms with E-state index in [9.17, 15) is 19.8 Å². The molecule has 320 valence electrons. The average Bonchev–Trinajstić information content (AvgIpc) is 3.18. The third-order valence-electron chi connectivity index (χ3n) is 10.3. The molecule has 0 rings (SSSR count). The summed E-state index contributed by atoms with van der Waals surface area (Å²) in [7, 11) is 0. The van der Waals surface area contributed by atoms with Crippen molar-refractivity contribution in [2.24, 2.45) is 0 Å². The number of unbranched alkanes of at least 4 members (excludes halogenated alkanes) is 25. The number of carbonyl (C=O) groups excluding carboxylic acids is 2. The topological polar surface area (TPSA) is 95.9 Å². The van der Waals surface area contributed by atoms with Crippen LogP contribution in [0.3, 0.4) is 0 Å². The van der Waals surface area contributed by atoms with Gasteiger partial charge >= 0.3 is 5.97 Å². The van der Waals surface area contributed by atoms with Gasteiger partial charge in [-0.15, -0.1) is 0 Å². The summed E-state index contributed by atoms with van der Waals surface area (Å²) >= 11 is 0. The first-order chi connectivity index (χ1) is 27.0. The number of hydrogen-bond donors (Lipinski definition) is 3. The summed E-state index contributed by atoms with van der Waals surface area (Å²) in [4.78, 5) is 24.4. The van der Waals surface area contributed by atoms with Crippen LogP contribution in [0.15, 0.2) is 48.6 Å². The highest BCUT2D eigenvalue weighted by molar-refractivity contribution is 5.76. The van der Waals surface area contributed by atoms with E-state index in [0.29, 0.717) is 19.4 Å². The number of esters is 1. The molecule has 0 aromatic heterocycles. The summed E-state index contributed by atoms with van der Waals surface area (Å²) in [5.41, 5.74) is 0. The fourth-order valence-electron chi connectivity index (χ4n) is 6.66. The molecule has 1 amide bonds. The van der Waals surface area contributed by atoms with Crippen LogP contribution in [0.4, 0.5) is 0 Å². The molecule has 6 nitrogen and oxygen atoms in total. The molecule has 0 saturated heterocycles. The van der Waals surface area contributed by atoms with Gasteiger partial charge in [-0.3, -0.25) is 9.59 Å². The highest BCUT2D eigenvalue weighted by Gasteiger charge is 2.17. The summed E-state index contributed by atoms with van der Waals surface area (Å²) in [6.45, 7) is 4.75. The minimum absolute atomic E-state index is 0.0470. The van der Waals surface area contributed by atoms with E-state index >= 15 is 0 Å². The van der Waals surface area contributed by atoms with Crippen molar-refractivity contribution >= 4 is 11.9 Å². The average molecular weight is 772 g/mol. The van der Waals surface area contributed by atoms with Gasteiger partial charge in [-0.05, 0) is 83.5 Å². The fourth-order valence-corrected chi connectivity index (χ4v) is 6.66. The Balaban J connectivity index is 3.58. The lowest BCUT2D eigenvalue weighted by Crippen LogP contribution is -2.45. The SMILES string of the molecule is CCCCCC/C=C\C/C=C\CCCCCCCCCC(=O)OCCCCCC/C=C\CCCC(=O)NC(CO)C(O)/C=C/CCCCCCCCCCC. The highest BCUT2D eigenvalue weighted by Crippen LogP contribution is 2.13. The van der Waals surface area contributed by atoms with Crippen LogP contribution in [-0.4, -0.2) is 47.4 Å². The molecule has 0 aliphatic heterocycles. The summed E-state index contributed by atoms with van der Waals surface area (Å²) in [5.74, 6) is -0.180. The Labute approximate surface area is 340 Å². The van der Waals surface area contributed by atoms with Gasteiger partial charge in [0.1, 0.15) is 0 Å². The lowest BCUT2D eigenvalue weighted by Gasteiger charge is -2.19. The van der Waals surface area contributed by atoms with Crippen LogP contribution in [-0.2, 0) is 14.3 Å². The number of aliphatic hydroxyl groups is 2. The van der Waals surface area contributed by atoms with Gasteiger partial charge in [-0.25, -0.2) is 0 Å². The molecular formula is C49H89NO5. The maximum Gasteiger partial charge on any atom is 0.305 e. The number of carbonyl (C=O) groups is 2. The number of nitrogens with one attached hydrogen (secondary N) is 1. The predicted molar refractivity (Wildman–Crippen MR) is 236 cm³/mol. The second-order valence-electron chi connectivity index (χ2n) is 15.7. The minimum Gasteiger partial charge on any atom is -0.466 e. The van der Waals surface area contributed by atoms with Gasteiger partial charge in [0.2, 0.25) is 5.91 Å². The molecule has 0 aromatic carbocycles. The molecule has 0 aliphatic rings. The summed E-state index contributed by atoms with van der Waals surface area (Å²) in [6, 6.07) is -0.665. The lowest BCUT2D eigenvalue weighted by atomic mass is 10.1. The molecule has 0 aliphatic carbocycles.